The Morgan fingerprint density at radius 2 is 1.11 bits per heavy atom. The summed E-state index contributed by atoms with van der Waals surface area (Å²) in [4.78, 5) is 67.7. The van der Waals surface area contributed by atoms with Gasteiger partial charge in [-0.1, -0.05) is 39.8 Å². The molecule has 5 aliphatic heterocycles. The smallest absolute Gasteiger partial charge is 0.246 e. The first-order valence-corrected chi connectivity index (χ1v) is 20.3. The Balaban J connectivity index is 1.01. The van der Waals surface area contributed by atoms with Gasteiger partial charge in [-0.05, 0) is 84.0 Å². The number of amidine groups is 2. The predicted molar refractivity (Wildman–Crippen MR) is 219 cm³/mol. The largest absolute Gasteiger partial charge is 0.370 e. The van der Waals surface area contributed by atoms with Gasteiger partial charge in [-0.3, -0.25) is 29.2 Å². The van der Waals surface area contributed by atoms with Crippen molar-refractivity contribution in [1.82, 2.24) is 31.1 Å². The Hall–Kier alpha value is -5.14. The van der Waals surface area contributed by atoms with Gasteiger partial charge in [0.1, 0.15) is 23.8 Å². The molecule has 2 fully saturated rings. The van der Waals surface area contributed by atoms with Crippen LogP contribution in [0.5, 0.6) is 0 Å². The minimum atomic E-state index is -0.546. The number of carbonyl (C=O) groups excluding carboxylic acids is 4. The Morgan fingerprint density at radius 1 is 0.696 bits per heavy atom. The monoisotopic (exact) mass is 766 g/mol. The maximum Gasteiger partial charge on any atom is 0.246 e. The van der Waals surface area contributed by atoms with Crippen LogP contribution in [-0.4, -0.2) is 111 Å². The van der Waals surface area contributed by atoms with E-state index in [1.165, 1.54) is 33.6 Å². The highest BCUT2D eigenvalue weighted by molar-refractivity contribution is 5.96. The molecular weight excluding hydrogens is 709 g/mol. The van der Waals surface area contributed by atoms with Gasteiger partial charge in [0.05, 0.1) is 37.3 Å². The van der Waals surface area contributed by atoms with Crippen LogP contribution in [0.2, 0.25) is 0 Å². The average Bonchev–Trinajstić information content (AvgIpc) is 4.01. The number of nitrogens with zero attached hydrogens (tertiary/aromatic N) is 6. The summed E-state index contributed by atoms with van der Waals surface area (Å²) < 4.78 is 0. The number of likely N-dealkylation sites (tertiary alicyclic amines) is 2. The van der Waals surface area contributed by atoms with Gasteiger partial charge in [-0.2, -0.15) is 0 Å². The van der Waals surface area contributed by atoms with E-state index in [2.05, 4.69) is 81.6 Å². The van der Waals surface area contributed by atoms with E-state index in [1.807, 2.05) is 37.5 Å². The lowest BCUT2D eigenvalue weighted by atomic mass is 9.97. The molecule has 2 unspecified atom stereocenters. The summed E-state index contributed by atoms with van der Waals surface area (Å²) in [6, 6.07) is 12.1. The first-order valence-electron chi connectivity index (χ1n) is 20.3. The highest BCUT2D eigenvalue weighted by Gasteiger charge is 2.40. The van der Waals surface area contributed by atoms with Gasteiger partial charge in [-0.15, -0.1) is 0 Å². The minimum Gasteiger partial charge on any atom is -0.370 e. The fourth-order valence-electron chi connectivity index (χ4n) is 9.25. The number of rotatable bonds is 12. The molecule has 0 spiro atoms. The van der Waals surface area contributed by atoms with Crippen molar-refractivity contribution in [3.8, 4) is 0 Å². The summed E-state index contributed by atoms with van der Waals surface area (Å²) in [5.41, 5.74) is 7.19. The van der Waals surface area contributed by atoms with Crippen molar-refractivity contribution in [2.75, 3.05) is 50.1 Å². The maximum absolute atomic E-state index is 13.5. The summed E-state index contributed by atoms with van der Waals surface area (Å²) in [6.07, 6.45) is 4.75. The Kier molecular flexibility index (Phi) is 11.5. The molecule has 0 aliphatic carbocycles. The lowest BCUT2D eigenvalue weighted by Crippen LogP contribution is -2.53. The normalized spacial score (nSPS) is 24.4. The molecule has 14 heteroatoms. The second kappa shape index (κ2) is 16.5. The number of amides is 4. The molecule has 2 aromatic rings. The first kappa shape index (κ1) is 39.1. The van der Waals surface area contributed by atoms with Crippen molar-refractivity contribution in [1.29, 1.82) is 0 Å². The van der Waals surface area contributed by atoms with Crippen LogP contribution >= 0.6 is 0 Å². The zero-order valence-electron chi connectivity index (χ0n) is 33.6. The van der Waals surface area contributed by atoms with Crippen LogP contribution in [0.4, 0.5) is 11.4 Å². The van der Waals surface area contributed by atoms with Crippen molar-refractivity contribution < 1.29 is 19.2 Å². The molecule has 4 amide bonds. The second-order valence-corrected chi connectivity index (χ2v) is 16.7. The third-order valence-electron chi connectivity index (χ3n) is 12.2. The van der Waals surface area contributed by atoms with Gasteiger partial charge < -0.3 is 40.9 Å². The first-order chi connectivity index (χ1) is 27.0. The zero-order chi connectivity index (χ0) is 39.7. The molecular formula is C42H58N10O4. The SMILES string of the molecule is CC(C)[C@H](NC=O)C(=O)N1CCC[C@H]1C1=NCC(c2ccc3c(c2)CN(C)c2ccc(C4CN=C([C@@H]5CCCN5C(=O)[C@@H](NC=O)C(C)C)N4)cc2CN3C)N1. The number of benzene rings is 2. The van der Waals surface area contributed by atoms with Crippen LogP contribution in [0.15, 0.2) is 46.4 Å². The van der Waals surface area contributed by atoms with Crippen molar-refractivity contribution >= 4 is 47.7 Å². The molecule has 0 saturated carbocycles. The molecule has 300 valence electrons. The number of nitrogens with one attached hydrogen (secondary N) is 4. The van der Waals surface area contributed by atoms with Crippen molar-refractivity contribution in [2.45, 2.75) is 103 Å². The minimum absolute atomic E-state index is 0.00779. The van der Waals surface area contributed by atoms with Crippen molar-refractivity contribution in [3.05, 3.63) is 58.7 Å². The highest BCUT2D eigenvalue weighted by atomic mass is 16.2. The Bertz CT molecular complexity index is 1750. The molecule has 2 aromatic carbocycles. The predicted octanol–water partition coefficient (Wildman–Crippen LogP) is 2.88. The molecule has 6 atom stereocenters. The summed E-state index contributed by atoms with van der Waals surface area (Å²) in [7, 11) is 4.30. The molecule has 56 heavy (non-hydrogen) atoms. The van der Waals surface area contributed by atoms with Crippen LogP contribution in [-0.2, 0) is 32.3 Å². The Labute approximate surface area is 330 Å². The second-order valence-electron chi connectivity index (χ2n) is 16.7. The molecule has 2 saturated heterocycles. The summed E-state index contributed by atoms with van der Waals surface area (Å²) in [5, 5.41) is 12.8. The molecule has 4 N–H and O–H groups in total. The number of fused-ring (bicyclic) bond motifs is 2. The summed E-state index contributed by atoms with van der Waals surface area (Å²) in [5.74, 6) is 1.60. The van der Waals surface area contributed by atoms with Crippen LogP contribution in [0.1, 0.15) is 87.7 Å². The van der Waals surface area contributed by atoms with E-state index in [1.54, 1.807) is 0 Å². The van der Waals surface area contributed by atoms with Gasteiger partial charge >= 0.3 is 0 Å². The lowest BCUT2D eigenvalue weighted by Gasteiger charge is -2.33. The molecule has 0 aromatic heterocycles. The van der Waals surface area contributed by atoms with E-state index < -0.39 is 12.1 Å². The third-order valence-corrected chi connectivity index (χ3v) is 12.2. The topological polar surface area (TPSA) is 154 Å². The zero-order valence-corrected chi connectivity index (χ0v) is 33.6. The molecule has 0 bridgehead atoms. The molecule has 0 radical (unpaired) electrons. The van der Waals surface area contributed by atoms with E-state index in [0.717, 1.165) is 50.4 Å². The summed E-state index contributed by atoms with van der Waals surface area (Å²) >= 11 is 0. The quantitative estimate of drug-likeness (QED) is 0.241. The number of aliphatic imine (C=N–C) groups is 2. The van der Waals surface area contributed by atoms with Crippen LogP contribution in [0.3, 0.4) is 0 Å². The van der Waals surface area contributed by atoms with Gasteiger partial charge in [0.2, 0.25) is 24.6 Å². The Morgan fingerprint density at radius 3 is 1.48 bits per heavy atom. The average molecular weight is 767 g/mol. The van der Waals surface area contributed by atoms with Crippen LogP contribution < -0.4 is 31.1 Å². The number of hydrogen-bond donors (Lipinski definition) is 4. The number of carbonyl (C=O) groups is 4. The van der Waals surface area contributed by atoms with Gasteiger partial charge in [0.25, 0.3) is 0 Å². The fraction of sp³-hybridized carbons (Fsp3) is 0.571. The van der Waals surface area contributed by atoms with E-state index in [9.17, 15) is 19.2 Å². The molecule has 7 rings (SSSR count). The van der Waals surface area contributed by atoms with Gasteiger partial charge in [0.15, 0.2) is 0 Å². The van der Waals surface area contributed by atoms with Crippen molar-refractivity contribution in [3.63, 3.8) is 0 Å². The maximum atomic E-state index is 13.5. The van der Waals surface area contributed by atoms with E-state index in [4.69, 9.17) is 9.98 Å². The number of anilines is 2. The molecule has 5 aliphatic rings. The fourth-order valence-corrected chi connectivity index (χ4v) is 9.25. The van der Waals surface area contributed by atoms with Gasteiger partial charge in [-0.25, -0.2) is 0 Å². The highest BCUT2D eigenvalue weighted by Crippen LogP contribution is 2.36. The van der Waals surface area contributed by atoms with E-state index in [-0.39, 0.29) is 47.8 Å². The van der Waals surface area contributed by atoms with E-state index >= 15 is 0 Å². The van der Waals surface area contributed by atoms with Crippen molar-refractivity contribution in [2.24, 2.45) is 21.8 Å². The van der Waals surface area contributed by atoms with Gasteiger partial charge in [0, 0.05) is 51.6 Å². The molecule has 5 heterocycles. The van der Waals surface area contributed by atoms with Crippen LogP contribution in [0.25, 0.3) is 0 Å². The number of hydrogen-bond acceptors (Lipinski definition) is 10. The molecule has 14 nitrogen and oxygen atoms in total. The van der Waals surface area contributed by atoms with Crippen LogP contribution in [0, 0.1) is 11.8 Å². The lowest BCUT2D eigenvalue weighted by molar-refractivity contribution is -0.136. The van der Waals surface area contributed by atoms with E-state index in [0.29, 0.717) is 39.0 Å². The standard InChI is InChI=1S/C42H58N10O4/c1-25(2)37(45-23-53)41(55)51-15-7-9-35(51)39-43-19-31(47-39)27-11-13-33-29(17-27)21-49(5)34-14-12-28(18-30(34)22-50(33)6)32-20-44-40(48-32)36-10-8-16-52(36)42(56)38(26(3)4)46-24-54/h11-14,17-18,23-26,31-32,35-38H,7-10,15-16,19-22H2,1-6H3,(H,43,47)(H,44,48)(H,45,53)(H,46,54)/t31?,32?,35-,36-,37-,38-/m0/s1. The summed E-state index contributed by atoms with van der Waals surface area (Å²) in [6.45, 7) is 11.8. The third kappa shape index (κ3) is 7.66.